The number of Topliss-reactive ketones (excluding diaryl/α,β-unsaturated/α-hetero) is 1. The molecular formula is C10H10BrClO2. The summed E-state index contributed by atoms with van der Waals surface area (Å²) in [5.74, 6) is 0.696. The largest absolute Gasteiger partial charge is 0.495 e. The van der Waals surface area contributed by atoms with Crippen LogP contribution in [0.25, 0.3) is 0 Å². The fraction of sp³-hybridized carbons (Fsp3) is 0.300. The van der Waals surface area contributed by atoms with Crippen LogP contribution in [0.2, 0.25) is 5.02 Å². The average Bonchev–Trinajstić information content (AvgIpc) is 2.09. The molecule has 0 fully saturated rings. The first-order chi connectivity index (χ1) is 6.54. The van der Waals surface area contributed by atoms with Crippen LogP contribution in [0.4, 0.5) is 0 Å². The van der Waals surface area contributed by atoms with Gasteiger partial charge in [0.25, 0.3) is 0 Å². The zero-order valence-electron chi connectivity index (χ0n) is 7.93. The van der Waals surface area contributed by atoms with E-state index >= 15 is 0 Å². The van der Waals surface area contributed by atoms with Crippen molar-refractivity contribution < 1.29 is 9.53 Å². The maximum Gasteiger partial charge on any atom is 0.137 e. The highest BCUT2D eigenvalue weighted by molar-refractivity contribution is 9.10. The van der Waals surface area contributed by atoms with Gasteiger partial charge >= 0.3 is 0 Å². The van der Waals surface area contributed by atoms with Gasteiger partial charge in [0.2, 0.25) is 0 Å². The number of carbonyl (C=O) groups excluding carboxylic acids is 1. The van der Waals surface area contributed by atoms with Gasteiger partial charge in [-0.15, -0.1) is 0 Å². The number of hydrogen-bond donors (Lipinski definition) is 0. The summed E-state index contributed by atoms with van der Waals surface area (Å²) < 4.78 is 5.89. The fourth-order valence-electron chi connectivity index (χ4n) is 1.13. The number of rotatable bonds is 3. The smallest absolute Gasteiger partial charge is 0.137 e. The van der Waals surface area contributed by atoms with Crippen molar-refractivity contribution in [2.24, 2.45) is 0 Å². The van der Waals surface area contributed by atoms with Crippen LogP contribution >= 0.6 is 27.5 Å². The normalized spacial score (nSPS) is 10.0. The van der Waals surface area contributed by atoms with Gasteiger partial charge in [-0.3, -0.25) is 4.79 Å². The molecule has 0 aliphatic carbocycles. The second-order valence-corrected chi connectivity index (χ2v) is 4.22. The highest BCUT2D eigenvalue weighted by Gasteiger charge is 2.08. The van der Waals surface area contributed by atoms with E-state index in [2.05, 4.69) is 15.9 Å². The van der Waals surface area contributed by atoms with Crippen LogP contribution in [0.3, 0.4) is 0 Å². The SMILES string of the molecule is COc1cc(CC(C)=O)c(Br)cc1Cl. The summed E-state index contributed by atoms with van der Waals surface area (Å²) in [4.78, 5) is 11.0. The van der Waals surface area contributed by atoms with Crippen molar-refractivity contribution in [3.63, 3.8) is 0 Å². The van der Waals surface area contributed by atoms with E-state index in [0.29, 0.717) is 17.2 Å². The second kappa shape index (κ2) is 4.80. The highest BCUT2D eigenvalue weighted by Crippen LogP contribution is 2.31. The van der Waals surface area contributed by atoms with Crippen LogP contribution in [-0.4, -0.2) is 12.9 Å². The van der Waals surface area contributed by atoms with Gasteiger partial charge in [0.1, 0.15) is 11.5 Å². The average molecular weight is 278 g/mol. The second-order valence-electron chi connectivity index (χ2n) is 2.96. The number of ether oxygens (including phenoxy) is 1. The van der Waals surface area contributed by atoms with Gasteiger partial charge in [0, 0.05) is 10.9 Å². The molecule has 0 bridgehead atoms. The first-order valence-corrected chi connectivity index (χ1v) is 5.23. The topological polar surface area (TPSA) is 26.3 Å². The van der Waals surface area contributed by atoms with Gasteiger partial charge in [-0.1, -0.05) is 27.5 Å². The number of methoxy groups -OCH3 is 1. The molecule has 76 valence electrons. The van der Waals surface area contributed by atoms with E-state index in [4.69, 9.17) is 16.3 Å². The first-order valence-electron chi connectivity index (χ1n) is 4.06. The van der Waals surface area contributed by atoms with Gasteiger partial charge in [-0.25, -0.2) is 0 Å². The van der Waals surface area contributed by atoms with E-state index in [9.17, 15) is 4.79 Å². The fourth-order valence-corrected chi connectivity index (χ4v) is 1.99. The van der Waals surface area contributed by atoms with E-state index in [-0.39, 0.29) is 5.78 Å². The molecule has 0 saturated carbocycles. The third kappa shape index (κ3) is 2.72. The molecule has 0 radical (unpaired) electrons. The molecule has 0 heterocycles. The summed E-state index contributed by atoms with van der Waals surface area (Å²) in [6, 6.07) is 3.51. The number of halogens is 2. The van der Waals surface area contributed by atoms with Gasteiger partial charge in [-0.05, 0) is 24.6 Å². The van der Waals surface area contributed by atoms with E-state index in [1.165, 1.54) is 0 Å². The van der Waals surface area contributed by atoms with Crippen LogP contribution in [0, 0.1) is 0 Å². The molecule has 0 N–H and O–H groups in total. The van der Waals surface area contributed by atoms with Crippen molar-refractivity contribution in [3.05, 3.63) is 27.2 Å². The number of carbonyl (C=O) groups is 1. The molecule has 0 spiro atoms. The van der Waals surface area contributed by atoms with Gasteiger partial charge in [0.05, 0.1) is 12.1 Å². The Bertz CT molecular complexity index is 363. The summed E-state index contributed by atoms with van der Waals surface area (Å²) in [6.07, 6.45) is 0.383. The van der Waals surface area contributed by atoms with E-state index < -0.39 is 0 Å². The molecule has 1 aromatic rings. The maximum absolute atomic E-state index is 11.0. The molecule has 0 unspecified atom stereocenters. The van der Waals surface area contributed by atoms with Crippen molar-refractivity contribution in [3.8, 4) is 5.75 Å². The van der Waals surface area contributed by atoms with Crippen molar-refractivity contribution in [1.29, 1.82) is 0 Å². The first kappa shape index (κ1) is 11.5. The lowest BCUT2D eigenvalue weighted by atomic mass is 10.1. The lowest BCUT2D eigenvalue weighted by Gasteiger charge is -2.07. The van der Waals surface area contributed by atoms with E-state index in [0.717, 1.165) is 10.0 Å². The van der Waals surface area contributed by atoms with Crippen molar-refractivity contribution in [2.75, 3.05) is 7.11 Å². The number of hydrogen-bond acceptors (Lipinski definition) is 2. The van der Waals surface area contributed by atoms with Crippen molar-refractivity contribution >= 4 is 33.3 Å². The van der Waals surface area contributed by atoms with Crippen LogP contribution in [0.15, 0.2) is 16.6 Å². The van der Waals surface area contributed by atoms with Crippen molar-refractivity contribution in [1.82, 2.24) is 0 Å². The third-order valence-electron chi connectivity index (χ3n) is 1.76. The minimum absolute atomic E-state index is 0.107. The number of benzene rings is 1. The predicted octanol–water partition coefficient (Wildman–Crippen LogP) is 3.24. The van der Waals surface area contributed by atoms with E-state index in [1.807, 2.05) is 0 Å². The molecule has 4 heteroatoms. The zero-order chi connectivity index (χ0) is 10.7. The zero-order valence-corrected chi connectivity index (χ0v) is 10.3. The Morgan fingerprint density at radius 2 is 2.21 bits per heavy atom. The monoisotopic (exact) mass is 276 g/mol. The molecule has 0 aromatic heterocycles. The van der Waals surface area contributed by atoms with Gasteiger partial charge in [0.15, 0.2) is 0 Å². The molecule has 1 rings (SSSR count). The Morgan fingerprint density at radius 3 is 2.71 bits per heavy atom. The van der Waals surface area contributed by atoms with Crippen LogP contribution in [-0.2, 0) is 11.2 Å². The van der Waals surface area contributed by atoms with Crippen LogP contribution < -0.4 is 4.74 Å². The molecule has 1 aromatic carbocycles. The summed E-state index contributed by atoms with van der Waals surface area (Å²) in [7, 11) is 1.55. The van der Waals surface area contributed by atoms with Gasteiger partial charge in [-0.2, -0.15) is 0 Å². The molecule has 0 aliphatic heterocycles. The van der Waals surface area contributed by atoms with Crippen molar-refractivity contribution in [2.45, 2.75) is 13.3 Å². The predicted molar refractivity (Wildman–Crippen MR) is 60.1 cm³/mol. The molecular weight excluding hydrogens is 267 g/mol. The molecule has 14 heavy (non-hydrogen) atoms. The Balaban J connectivity index is 3.10. The lowest BCUT2D eigenvalue weighted by Crippen LogP contribution is -1.98. The standard InChI is InChI=1S/C10H10BrClO2/c1-6(13)3-7-4-10(14-2)9(12)5-8(7)11/h4-5H,3H2,1-2H3. The highest BCUT2D eigenvalue weighted by atomic mass is 79.9. The van der Waals surface area contributed by atoms with Crippen LogP contribution in [0.5, 0.6) is 5.75 Å². The Kier molecular flexibility index (Phi) is 3.96. The quantitative estimate of drug-likeness (QED) is 0.848. The lowest BCUT2D eigenvalue weighted by molar-refractivity contribution is -0.116. The Morgan fingerprint density at radius 1 is 1.57 bits per heavy atom. The molecule has 0 saturated heterocycles. The Hall–Kier alpha value is -0.540. The minimum atomic E-state index is 0.107. The number of ketones is 1. The minimum Gasteiger partial charge on any atom is -0.495 e. The molecule has 0 aliphatic rings. The maximum atomic E-state index is 11.0. The molecule has 2 nitrogen and oxygen atoms in total. The third-order valence-corrected chi connectivity index (χ3v) is 2.79. The van der Waals surface area contributed by atoms with Crippen LogP contribution in [0.1, 0.15) is 12.5 Å². The van der Waals surface area contributed by atoms with Gasteiger partial charge < -0.3 is 4.74 Å². The Labute approximate surface area is 96.3 Å². The summed E-state index contributed by atoms with van der Waals surface area (Å²) >= 11 is 9.24. The summed E-state index contributed by atoms with van der Waals surface area (Å²) in [5, 5.41) is 0.534. The molecule has 0 atom stereocenters. The summed E-state index contributed by atoms with van der Waals surface area (Å²) in [6.45, 7) is 1.55. The molecule has 0 amide bonds. The van der Waals surface area contributed by atoms with E-state index in [1.54, 1.807) is 26.2 Å². The summed E-state index contributed by atoms with van der Waals surface area (Å²) in [5.41, 5.74) is 0.888.